The van der Waals surface area contributed by atoms with Gasteiger partial charge in [0.15, 0.2) is 0 Å². The average molecular weight is 488 g/mol. The van der Waals surface area contributed by atoms with Crippen molar-refractivity contribution in [3.05, 3.63) is 69.0 Å². The summed E-state index contributed by atoms with van der Waals surface area (Å²) in [7, 11) is 1.87. The first-order chi connectivity index (χ1) is 15.4. The summed E-state index contributed by atoms with van der Waals surface area (Å²) in [6.07, 6.45) is 3.20. The van der Waals surface area contributed by atoms with Crippen molar-refractivity contribution in [2.24, 2.45) is 0 Å². The van der Waals surface area contributed by atoms with Gasteiger partial charge in [0.25, 0.3) is 11.8 Å². The molecule has 170 valence electrons. The number of benzene rings is 2. The number of fused-ring (bicyclic) bond motifs is 1. The summed E-state index contributed by atoms with van der Waals surface area (Å²) in [5.74, 6) is -2.47. The molecule has 0 spiro atoms. The minimum atomic E-state index is -0.972. The number of hydrogen-bond acceptors (Lipinski definition) is 4. The number of hydrogen-bond donors (Lipinski definition) is 1. The Morgan fingerprint density at radius 2 is 1.79 bits per heavy atom. The molecule has 2 aromatic carbocycles. The maximum atomic E-state index is 15.1. The number of nitrogens with one attached hydrogen (secondary N) is 1. The van der Waals surface area contributed by atoms with Crippen LogP contribution in [0.15, 0.2) is 42.0 Å². The van der Waals surface area contributed by atoms with Crippen LogP contribution in [0.1, 0.15) is 31.9 Å². The first-order valence-corrected chi connectivity index (χ1v) is 10.8. The van der Waals surface area contributed by atoms with Crippen LogP contribution in [0.3, 0.4) is 0 Å². The summed E-state index contributed by atoms with van der Waals surface area (Å²) >= 11 is 12.2. The molecule has 0 aliphatic carbocycles. The van der Waals surface area contributed by atoms with Crippen molar-refractivity contribution in [2.45, 2.75) is 26.3 Å². The van der Waals surface area contributed by atoms with E-state index in [1.807, 2.05) is 32.7 Å². The molecule has 2 aliphatic heterocycles. The van der Waals surface area contributed by atoms with Gasteiger partial charge in [-0.2, -0.15) is 0 Å². The van der Waals surface area contributed by atoms with E-state index in [0.29, 0.717) is 10.6 Å². The summed E-state index contributed by atoms with van der Waals surface area (Å²) < 4.78 is 15.1. The SMILES string of the molecule is CC1=CC(C)(C)N(C)c2cc(F)c(/C=C3/C(=O)NC(=O)N(c4cccc(Cl)c4Cl)C3=O)cc21. The van der Waals surface area contributed by atoms with Gasteiger partial charge in [0, 0.05) is 23.9 Å². The predicted octanol–water partition coefficient (Wildman–Crippen LogP) is 5.43. The molecule has 9 heteroatoms. The van der Waals surface area contributed by atoms with Crippen molar-refractivity contribution in [3.8, 4) is 0 Å². The number of likely N-dealkylation sites (N-methyl/N-ethyl adjacent to an activating group) is 1. The smallest absolute Gasteiger partial charge is 0.336 e. The number of allylic oxidation sites excluding steroid dienone is 1. The molecule has 2 aromatic rings. The summed E-state index contributed by atoms with van der Waals surface area (Å²) in [5, 5.41) is 2.21. The lowest BCUT2D eigenvalue weighted by Gasteiger charge is -2.40. The molecule has 1 fully saturated rings. The summed E-state index contributed by atoms with van der Waals surface area (Å²) in [6, 6.07) is 6.42. The highest BCUT2D eigenvalue weighted by molar-refractivity contribution is 6.46. The molecule has 0 unspecified atom stereocenters. The molecule has 1 saturated heterocycles. The van der Waals surface area contributed by atoms with E-state index in [4.69, 9.17) is 23.2 Å². The van der Waals surface area contributed by atoms with Crippen LogP contribution < -0.4 is 15.1 Å². The topological polar surface area (TPSA) is 69.7 Å². The first-order valence-electron chi connectivity index (χ1n) is 10.0. The fraction of sp³-hybridized carbons (Fsp3) is 0.208. The van der Waals surface area contributed by atoms with Gasteiger partial charge in [0.1, 0.15) is 11.4 Å². The van der Waals surface area contributed by atoms with E-state index in [9.17, 15) is 14.4 Å². The number of rotatable bonds is 2. The predicted molar refractivity (Wildman–Crippen MR) is 128 cm³/mol. The second kappa shape index (κ2) is 8.01. The van der Waals surface area contributed by atoms with Crippen LogP contribution in [0.25, 0.3) is 11.6 Å². The fourth-order valence-electron chi connectivity index (χ4n) is 4.00. The molecule has 4 rings (SSSR count). The van der Waals surface area contributed by atoms with E-state index >= 15 is 4.39 Å². The van der Waals surface area contributed by atoms with Gasteiger partial charge in [-0.05, 0) is 56.7 Å². The maximum absolute atomic E-state index is 15.1. The fourth-order valence-corrected chi connectivity index (χ4v) is 4.38. The highest BCUT2D eigenvalue weighted by atomic mass is 35.5. The highest BCUT2D eigenvalue weighted by Crippen LogP contribution is 2.40. The van der Waals surface area contributed by atoms with Gasteiger partial charge in [0.05, 0.1) is 21.3 Å². The van der Waals surface area contributed by atoms with E-state index in [2.05, 4.69) is 11.4 Å². The van der Waals surface area contributed by atoms with Crippen LogP contribution in [-0.2, 0) is 9.59 Å². The number of halogens is 3. The molecule has 1 N–H and O–H groups in total. The number of urea groups is 1. The zero-order valence-electron chi connectivity index (χ0n) is 18.3. The zero-order chi connectivity index (χ0) is 24.2. The Kier molecular flexibility index (Phi) is 5.58. The highest BCUT2D eigenvalue weighted by Gasteiger charge is 2.38. The molecule has 6 nitrogen and oxygen atoms in total. The Bertz CT molecular complexity index is 1300. The van der Waals surface area contributed by atoms with Gasteiger partial charge in [0.2, 0.25) is 0 Å². The molecular weight excluding hydrogens is 468 g/mol. The number of carbonyl (C=O) groups excluding carboxylic acids is 3. The summed E-state index contributed by atoms with van der Waals surface area (Å²) in [4.78, 5) is 40.7. The number of amides is 4. The minimum Gasteiger partial charge on any atom is -0.365 e. The van der Waals surface area contributed by atoms with Crippen molar-refractivity contribution in [1.82, 2.24) is 5.32 Å². The molecule has 0 aromatic heterocycles. The van der Waals surface area contributed by atoms with E-state index in [-0.39, 0.29) is 26.8 Å². The average Bonchev–Trinajstić information content (AvgIpc) is 2.72. The third kappa shape index (κ3) is 3.81. The minimum absolute atomic E-state index is 0.0126. The largest absolute Gasteiger partial charge is 0.365 e. The normalized spacial score (nSPS) is 18.9. The standard InChI is InChI=1S/C24H20Cl2FN3O3/c1-12-11-24(2,3)29(4)19-10-17(27)13(8-14(12)19)9-15-21(31)28-23(33)30(22(15)32)18-7-5-6-16(25)20(18)26/h5-11H,1-4H3,(H,28,31,33)/b15-9-. The van der Waals surface area contributed by atoms with Crippen LogP contribution in [0.2, 0.25) is 10.0 Å². The molecular formula is C24H20Cl2FN3O3. The van der Waals surface area contributed by atoms with Gasteiger partial charge in [-0.3, -0.25) is 14.9 Å². The lowest BCUT2D eigenvalue weighted by atomic mass is 9.88. The lowest BCUT2D eigenvalue weighted by Crippen LogP contribution is -2.54. The molecule has 2 aliphatic rings. The van der Waals surface area contributed by atoms with Gasteiger partial charge in [-0.15, -0.1) is 0 Å². The van der Waals surface area contributed by atoms with E-state index < -0.39 is 29.2 Å². The quantitative estimate of drug-likeness (QED) is 0.452. The number of carbonyl (C=O) groups is 3. The molecule has 2 heterocycles. The molecule has 0 saturated carbocycles. The van der Waals surface area contributed by atoms with Crippen molar-refractivity contribution in [3.63, 3.8) is 0 Å². The van der Waals surface area contributed by atoms with Crippen molar-refractivity contribution < 1.29 is 18.8 Å². The van der Waals surface area contributed by atoms with Crippen LogP contribution in [0, 0.1) is 5.82 Å². The Balaban J connectivity index is 1.81. The Morgan fingerprint density at radius 3 is 2.48 bits per heavy atom. The number of nitrogens with zero attached hydrogens (tertiary/aromatic N) is 2. The van der Waals surface area contributed by atoms with Gasteiger partial charge in [-0.25, -0.2) is 14.1 Å². The second-order valence-electron chi connectivity index (χ2n) is 8.46. The first kappa shape index (κ1) is 23.0. The van der Waals surface area contributed by atoms with Gasteiger partial charge >= 0.3 is 6.03 Å². The molecule has 0 atom stereocenters. The number of imide groups is 2. The Hall–Kier alpha value is -3.16. The number of barbiturate groups is 1. The van der Waals surface area contributed by atoms with Crippen LogP contribution in [-0.4, -0.2) is 30.4 Å². The van der Waals surface area contributed by atoms with Crippen molar-refractivity contribution >= 4 is 64.1 Å². The molecule has 4 amide bonds. The van der Waals surface area contributed by atoms with Crippen LogP contribution in [0.4, 0.5) is 20.6 Å². The Labute approximate surface area is 200 Å². The van der Waals surface area contributed by atoms with Crippen molar-refractivity contribution in [1.29, 1.82) is 0 Å². The zero-order valence-corrected chi connectivity index (χ0v) is 19.8. The third-order valence-corrected chi connectivity index (χ3v) is 6.72. The van der Waals surface area contributed by atoms with Crippen LogP contribution in [0.5, 0.6) is 0 Å². The molecule has 0 bridgehead atoms. The van der Waals surface area contributed by atoms with Crippen LogP contribution >= 0.6 is 23.2 Å². The number of anilines is 2. The van der Waals surface area contributed by atoms with Gasteiger partial charge < -0.3 is 4.90 Å². The monoisotopic (exact) mass is 487 g/mol. The maximum Gasteiger partial charge on any atom is 0.336 e. The van der Waals surface area contributed by atoms with E-state index in [0.717, 1.165) is 17.2 Å². The third-order valence-electron chi connectivity index (χ3n) is 5.91. The van der Waals surface area contributed by atoms with Gasteiger partial charge in [-0.1, -0.05) is 35.3 Å². The second-order valence-corrected chi connectivity index (χ2v) is 9.25. The lowest BCUT2D eigenvalue weighted by molar-refractivity contribution is -0.122. The molecule has 0 radical (unpaired) electrons. The van der Waals surface area contributed by atoms with E-state index in [1.54, 1.807) is 6.07 Å². The summed E-state index contributed by atoms with van der Waals surface area (Å²) in [5.41, 5.74) is 1.75. The van der Waals surface area contributed by atoms with E-state index in [1.165, 1.54) is 24.3 Å². The molecule has 33 heavy (non-hydrogen) atoms. The Morgan fingerprint density at radius 1 is 1.09 bits per heavy atom. The van der Waals surface area contributed by atoms with Crippen molar-refractivity contribution in [2.75, 3.05) is 16.8 Å². The summed E-state index contributed by atoms with van der Waals surface area (Å²) in [6.45, 7) is 5.96.